The van der Waals surface area contributed by atoms with E-state index in [-0.39, 0.29) is 6.04 Å². The summed E-state index contributed by atoms with van der Waals surface area (Å²) in [5.74, 6) is 0. The molecule has 114 valence electrons. The Morgan fingerprint density at radius 1 is 1.00 bits per heavy atom. The zero-order valence-electron chi connectivity index (χ0n) is 13.0. The van der Waals surface area contributed by atoms with Crippen molar-refractivity contribution < 1.29 is 0 Å². The number of aromatic nitrogens is 1. The third-order valence-corrected chi connectivity index (χ3v) is 5.57. The van der Waals surface area contributed by atoms with Crippen molar-refractivity contribution in [3.8, 4) is 0 Å². The van der Waals surface area contributed by atoms with E-state index in [1.807, 2.05) is 11.3 Å². The third kappa shape index (κ3) is 4.85. The Balaban J connectivity index is 2.04. The van der Waals surface area contributed by atoms with Crippen molar-refractivity contribution >= 4 is 11.3 Å². The van der Waals surface area contributed by atoms with E-state index in [0.29, 0.717) is 0 Å². The lowest BCUT2D eigenvalue weighted by molar-refractivity contribution is 0.558. The molecule has 1 aliphatic rings. The van der Waals surface area contributed by atoms with Gasteiger partial charge < -0.3 is 5.73 Å². The average molecular weight is 295 g/mol. The number of thiazole rings is 1. The van der Waals surface area contributed by atoms with Crippen molar-refractivity contribution in [2.45, 2.75) is 90.0 Å². The van der Waals surface area contributed by atoms with Crippen LogP contribution in [0.5, 0.6) is 0 Å². The van der Waals surface area contributed by atoms with Gasteiger partial charge in [-0.2, -0.15) is 0 Å². The van der Waals surface area contributed by atoms with Crippen LogP contribution in [0.2, 0.25) is 0 Å². The lowest BCUT2D eigenvalue weighted by Gasteiger charge is -2.06. The number of fused-ring (bicyclic) bond motifs is 1. The smallest absolute Gasteiger partial charge is 0.110 e. The van der Waals surface area contributed by atoms with Gasteiger partial charge in [0.05, 0.1) is 11.7 Å². The third-order valence-electron chi connectivity index (χ3n) is 4.28. The van der Waals surface area contributed by atoms with Crippen molar-refractivity contribution in [3.05, 3.63) is 15.6 Å². The lowest BCUT2D eigenvalue weighted by atomic mass is 10.0. The predicted molar refractivity (Wildman–Crippen MR) is 88.3 cm³/mol. The maximum Gasteiger partial charge on any atom is 0.110 e. The summed E-state index contributed by atoms with van der Waals surface area (Å²) >= 11 is 1.90. The normalized spacial score (nSPS) is 19.7. The number of hydrogen-bond acceptors (Lipinski definition) is 3. The minimum Gasteiger partial charge on any atom is -0.322 e. The van der Waals surface area contributed by atoms with Crippen LogP contribution in [0.1, 0.15) is 92.8 Å². The second kappa shape index (κ2) is 8.78. The molecule has 1 atom stereocenters. The number of nitrogens with two attached hydrogens (primary N) is 1. The zero-order chi connectivity index (χ0) is 14.2. The molecule has 1 aromatic heterocycles. The SMILES string of the molecule is CCCC(N)c1nc2c(s1)CCCCCCCCCC2. The molecule has 0 bridgehead atoms. The van der Waals surface area contributed by atoms with Gasteiger partial charge in [0.1, 0.15) is 5.01 Å². The fourth-order valence-electron chi connectivity index (χ4n) is 3.03. The first-order valence-electron chi connectivity index (χ1n) is 8.55. The topological polar surface area (TPSA) is 38.9 Å². The van der Waals surface area contributed by atoms with Crippen molar-refractivity contribution in [3.63, 3.8) is 0 Å². The highest BCUT2D eigenvalue weighted by atomic mass is 32.1. The summed E-state index contributed by atoms with van der Waals surface area (Å²) in [4.78, 5) is 6.43. The van der Waals surface area contributed by atoms with Crippen LogP contribution in [0.15, 0.2) is 0 Å². The van der Waals surface area contributed by atoms with Gasteiger partial charge >= 0.3 is 0 Å². The quantitative estimate of drug-likeness (QED) is 0.836. The van der Waals surface area contributed by atoms with E-state index in [9.17, 15) is 0 Å². The molecule has 1 heterocycles. The van der Waals surface area contributed by atoms with Crippen LogP contribution in [0, 0.1) is 0 Å². The van der Waals surface area contributed by atoms with Gasteiger partial charge in [-0.25, -0.2) is 4.98 Å². The van der Waals surface area contributed by atoms with Gasteiger partial charge in [-0.1, -0.05) is 51.9 Å². The van der Waals surface area contributed by atoms with E-state index >= 15 is 0 Å². The minimum atomic E-state index is 0.160. The fraction of sp³-hybridized carbons (Fsp3) is 0.824. The molecule has 1 aliphatic carbocycles. The van der Waals surface area contributed by atoms with Gasteiger partial charge in [0.15, 0.2) is 0 Å². The van der Waals surface area contributed by atoms with Gasteiger partial charge in [0, 0.05) is 4.88 Å². The van der Waals surface area contributed by atoms with Crippen LogP contribution in [-0.2, 0) is 12.8 Å². The highest BCUT2D eigenvalue weighted by Crippen LogP contribution is 2.28. The van der Waals surface area contributed by atoms with E-state index in [4.69, 9.17) is 10.7 Å². The van der Waals surface area contributed by atoms with Crippen molar-refractivity contribution in [2.75, 3.05) is 0 Å². The Morgan fingerprint density at radius 3 is 2.25 bits per heavy atom. The van der Waals surface area contributed by atoms with E-state index in [1.165, 1.54) is 79.8 Å². The largest absolute Gasteiger partial charge is 0.322 e. The molecular formula is C17H30N2S. The minimum absolute atomic E-state index is 0.160. The fourth-order valence-corrected chi connectivity index (χ4v) is 4.22. The number of aryl methyl sites for hydroxylation is 2. The zero-order valence-corrected chi connectivity index (χ0v) is 13.8. The molecule has 1 unspecified atom stereocenters. The number of hydrogen-bond donors (Lipinski definition) is 1. The Morgan fingerprint density at radius 2 is 1.60 bits per heavy atom. The standard InChI is InChI=1S/C17H30N2S/c1-2-11-14(18)17-19-15-12-9-7-5-3-4-6-8-10-13-16(15)20-17/h14H,2-13,18H2,1H3. The molecule has 3 heteroatoms. The summed E-state index contributed by atoms with van der Waals surface area (Å²) in [5, 5.41) is 1.19. The molecule has 20 heavy (non-hydrogen) atoms. The molecule has 0 amide bonds. The first-order chi connectivity index (χ1) is 9.81. The maximum atomic E-state index is 6.26. The summed E-state index contributed by atoms with van der Waals surface area (Å²) in [6.07, 6.45) is 15.7. The van der Waals surface area contributed by atoms with E-state index in [0.717, 1.165) is 12.8 Å². The maximum absolute atomic E-state index is 6.26. The average Bonchev–Trinajstić information content (AvgIpc) is 2.82. The van der Waals surface area contributed by atoms with Gasteiger partial charge in [-0.3, -0.25) is 0 Å². The summed E-state index contributed by atoms with van der Waals surface area (Å²) < 4.78 is 0. The predicted octanol–water partition coefficient (Wildman–Crippen LogP) is 5.16. The van der Waals surface area contributed by atoms with Gasteiger partial charge in [-0.05, 0) is 32.1 Å². The van der Waals surface area contributed by atoms with E-state index < -0.39 is 0 Å². The molecule has 2 nitrogen and oxygen atoms in total. The van der Waals surface area contributed by atoms with Gasteiger partial charge in [-0.15, -0.1) is 11.3 Å². The van der Waals surface area contributed by atoms with Crippen molar-refractivity contribution in [1.29, 1.82) is 0 Å². The first kappa shape index (κ1) is 16.0. The Bertz CT molecular complexity index is 357. The number of nitrogens with zero attached hydrogens (tertiary/aromatic N) is 1. The molecule has 0 aromatic carbocycles. The Labute approximate surface area is 128 Å². The molecule has 0 aliphatic heterocycles. The molecule has 2 N–H and O–H groups in total. The lowest BCUT2D eigenvalue weighted by Crippen LogP contribution is -2.09. The summed E-state index contributed by atoms with van der Waals surface area (Å²) in [6, 6.07) is 0.160. The van der Waals surface area contributed by atoms with Crippen molar-refractivity contribution in [2.24, 2.45) is 5.73 Å². The highest BCUT2D eigenvalue weighted by molar-refractivity contribution is 7.11. The number of rotatable bonds is 3. The van der Waals surface area contributed by atoms with E-state index in [2.05, 4.69) is 6.92 Å². The van der Waals surface area contributed by atoms with Gasteiger partial charge in [0.25, 0.3) is 0 Å². The monoisotopic (exact) mass is 294 g/mol. The first-order valence-corrected chi connectivity index (χ1v) is 9.37. The Hall–Kier alpha value is -0.410. The molecular weight excluding hydrogens is 264 g/mol. The Kier molecular flexibility index (Phi) is 7.01. The molecule has 0 radical (unpaired) electrons. The molecule has 2 rings (SSSR count). The van der Waals surface area contributed by atoms with Crippen LogP contribution in [0.25, 0.3) is 0 Å². The van der Waals surface area contributed by atoms with E-state index in [1.54, 1.807) is 0 Å². The summed E-state index contributed by atoms with van der Waals surface area (Å²) in [6.45, 7) is 2.20. The molecule has 0 fully saturated rings. The van der Waals surface area contributed by atoms with Crippen LogP contribution in [0.4, 0.5) is 0 Å². The second-order valence-electron chi connectivity index (χ2n) is 6.15. The van der Waals surface area contributed by atoms with Crippen LogP contribution >= 0.6 is 11.3 Å². The summed E-state index contributed by atoms with van der Waals surface area (Å²) in [7, 11) is 0. The second-order valence-corrected chi connectivity index (χ2v) is 7.26. The summed E-state index contributed by atoms with van der Waals surface area (Å²) in [5.41, 5.74) is 7.63. The highest BCUT2D eigenvalue weighted by Gasteiger charge is 2.15. The molecule has 0 saturated carbocycles. The molecule has 0 spiro atoms. The van der Waals surface area contributed by atoms with Crippen LogP contribution in [-0.4, -0.2) is 4.98 Å². The van der Waals surface area contributed by atoms with Crippen LogP contribution in [0.3, 0.4) is 0 Å². The van der Waals surface area contributed by atoms with Crippen molar-refractivity contribution in [1.82, 2.24) is 4.98 Å². The van der Waals surface area contributed by atoms with Crippen LogP contribution < -0.4 is 5.73 Å². The molecule has 0 saturated heterocycles. The van der Waals surface area contributed by atoms with Gasteiger partial charge in [0.2, 0.25) is 0 Å². The molecule has 1 aromatic rings.